The second kappa shape index (κ2) is 5.34. The molecule has 2 aliphatic carbocycles. The van der Waals surface area contributed by atoms with Crippen molar-refractivity contribution in [1.82, 2.24) is 5.32 Å². The van der Waals surface area contributed by atoms with Crippen molar-refractivity contribution in [1.29, 1.82) is 0 Å². The van der Waals surface area contributed by atoms with E-state index in [2.05, 4.69) is 36.6 Å². The Morgan fingerprint density at radius 3 is 2.61 bits per heavy atom. The molecule has 2 heteroatoms. The number of fused-ring (bicyclic) bond motifs is 1. The van der Waals surface area contributed by atoms with E-state index in [1.807, 2.05) is 0 Å². The summed E-state index contributed by atoms with van der Waals surface area (Å²) in [5.74, 6) is 0.932. The highest BCUT2D eigenvalue weighted by Crippen LogP contribution is 2.34. The van der Waals surface area contributed by atoms with Crippen LogP contribution in [-0.4, -0.2) is 6.04 Å². The maximum atomic E-state index is 3.82. The maximum Gasteiger partial charge on any atom is 0.0388 e. The fourth-order valence-electron chi connectivity index (χ4n) is 3.28. The number of aryl methyl sites for hydroxylation is 2. The third kappa shape index (κ3) is 2.50. The zero-order valence-electron chi connectivity index (χ0n) is 11.7. The second-order valence-corrected chi connectivity index (χ2v) is 7.34. The van der Waals surface area contributed by atoms with Crippen LogP contribution in [0.5, 0.6) is 0 Å². The third-order valence-corrected chi connectivity index (χ3v) is 6.23. The van der Waals surface area contributed by atoms with Gasteiger partial charge in [0, 0.05) is 21.8 Å². The van der Waals surface area contributed by atoms with Crippen LogP contribution in [0.25, 0.3) is 0 Å². The van der Waals surface area contributed by atoms with Crippen molar-refractivity contribution in [3.05, 3.63) is 21.4 Å². The number of hydrogen-bond acceptors (Lipinski definition) is 2. The summed E-state index contributed by atoms with van der Waals surface area (Å²) in [6, 6.07) is 3.70. The maximum absolute atomic E-state index is 3.82. The predicted octanol–water partition coefficient (Wildman–Crippen LogP) is 4.47. The normalized spacial score (nSPS) is 23.2. The first-order valence-corrected chi connectivity index (χ1v) is 8.43. The first-order chi connectivity index (χ1) is 8.74. The van der Waals surface area contributed by atoms with Crippen LogP contribution in [0.3, 0.4) is 0 Å². The van der Waals surface area contributed by atoms with Gasteiger partial charge in [0.25, 0.3) is 0 Å². The first kappa shape index (κ1) is 12.7. The van der Waals surface area contributed by atoms with Gasteiger partial charge in [-0.25, -0.2) is 0 Å². The van der Waals surface area contributed by atoms with Gasteiger partial charge in [-0.15, -0.1) is 11.3 Å². The van der Waals surface area contributed by atoms with Gasteiger partial charge in [-0.05, 0) is 69.9 Å². The lowest BCUT2D eigenvalue weighted by molar-refractivity contribution is 0.230. The van der Waals surface area contributed by atoms with Crippen molar-refractivity contribution >= 4 is 11.3 Å². The van der Waals surface area contributed by atoms with Gasteiger partial charge >= 0.3 is 0 Å². The van der Waals surface area contributed by atoms with Crippen LogP contribution < -0.4 is 5.32 Å². The van der Waals surface area contributed by atoms with Crippen molar-refractivity contribution in [2.75, 3.05) is 0 Å². The van der Waals surface area contributed by atoms with Gasteiger partial charge in [0.05, 0.1) is 0 Å². The lowest BCUT2D eigenvalue weighted by Crippen LogP contribution is -2.38. The minimum atomic E-state index is 0.538. The number of thiophene rings is 1. The molecular formula is C16H25NS. The molecule has 1 saturated carbocycles. The van der Waals surface area contributed by atoms with E-state index in [-0.39, 0.29) is 0 Å². The molecule has 0 aliphatic heterocycles. The first-order valence-electron chi connectivity index (χ1n) is 7.61. The average molecular weight is 263 g/mol. The highest BCUT2D eigenvalue weighted by atomic mass is 32.1. The van der Waals surface area contributed by atoms with Crippen LogP contribution in [0, 0.1) is 5.92 Å². The van der Waals surface area contributed by atoms with Gasteiger partial charge in [-0.1, -0.05) is 6.42 Å². The molecule has 2 unspecified atom stereocenters. The van der Waals surface area contributed by atoms with Gasteiger partial charge in [-0.3, -0.25) is 0 Å². The van der Waals surface area contributed by atoms with Crippen molar-refractivity contribution in [3.63, 3.8) is 0 Å². The summed E-state index contributed by atoms with van der Waals surface area (Å²) in [5.41, 5.74) is 1.64. The van der Waals surface area contributed by atoms with Gasteiger partial charge in [0.2, 0.25) is 0 Å². The molecule has 0 saturated heterocycles. The van der Waals surface area contributed by atoms with E-state index in [9.17, 15) is 0 Å². The third-order valence-electron chi connectivity index (χ3n) is 4.81. The SMILES string of the molecule is CC(NC(C)C1CCC1)c1cc2c(s1)CCCC2. The monoisotopic (exact) mass is 263 g/mol. The van der Waals surface area contributed by atoms with E-state index < -0.39 is 0 Å². The van der Waals surface area contributed by atoms with Gasteiger partial charge < -0.3 is 5.32 Å². The molecule has 1 aromatic heterocycles. The summed E-state index contributed by atoms with van der Waals surface area (Å²) >= 11 is 2.06. The summed E-state index contributed by atoms with van der Waals surface area (Å²) < 4.78 is 0. The highest BCUT2D eigenvalue weighted by molar-refractivity contribution is 7.12. The van der Waals surface area contributed by atoms with Crippen LogP contribution >= 0.6 is 11.3 Å². The van der Waals surface area contributed by atoms with Gasteiger partial charge in [0.15, 0.2) is 0 Å². The molecule has 1 nitrogen and oxygen atoms in total. The molecule has 0 aromatic carbocycles. The minimum Gasteiger partial charge on any atom is -0.307 e. The lowest BCUT2D eigenvalue weighted by Gasteiger charge is -2.33. The second-order valence-electron chi connectivity index (χ2n) is 6.17. The smallest absolute Gasteiger partial charge is 0.0388 e. The Balaban J connectivity index is 1.64. The molecule has 1 fully saturated rings. The summed E-state index contributed by atoms with van der Waals surface area (Å²) in [7, 11) is 0. The van der Waals surface area contributed by atoms with Gasteiger partial charge in [-0.2, -0.15) is 0 Å². The Labute approximate surface area is 115 Å². The van der Waals surface area contributed by atoms with Gasteiger partial charge in [0.1, 0.15) is 0 Å². The van der Waals surface area contributed by atoms with Crippen LogP contribution in [0.4, 0.5) is 0 Å². The van der Waals surface area contributed by atoms with Crippen LogP contribution in [0.15, 0.2) is 6.07 Å². The highest BCUT2D eigenvalue weighted by Gasteiger charge is 2.25. The predicted molar refractivity (Wildman–Crippen MR) is 79.3 cm³/mol. The summed E-state index contributed by atoms with van der Waals surface area (Å²) in [6.45, 7) is 4.71. The average Bonchev–Trinajstić information content (AvgIpc) is 2.69. The Hall–Kier alpha value is -0.340. The van der Waals surface area contributed by atoms with E-state index in [1.54, 1.807) is 15.3 Å². The molecule has 0 bridgehead atoms. The Kier molecular flexibility index (Phi) is 3.76. The Bertz CT molecular complexity index is 382. The number of nitrogens with one attached hydrogen (secondary N) is 1. The summed E-state index contributed by atoms with van der Waals surface area (Å²) in [6.07, 6.45) is 9.74. The zero-order chi connectivity index (χ0) is 12.5. The molecule has 1 heterocycles. The number of rotatable bonds is 4. The van der Waals surface area contributed by atoms with Crippen molar-refractivity contribution in [3.8, 4) is 0 Å². The molecule has 0 spiro atoms. The summed E-state index contributed by atoms with van der Waals surface area (Å²) in [4.78, 5) is 3.23. The van der Waals surface area contributed by atoms with Crippen molar-refractivity contribution in [2.45, 2.75) is 70.9 Å². The topological polar surface area (TPSA) is 12.0 Å². The number of hydrogen-bond donors (Lipinski definition) is 1. The molecule has 1 N–H and O–H groups in total. The van der Waals surface area contributed by atoms with Crippen molar-refractivity contribution < 1.29 is 0 Å². The van der Waals surface area contributed by atoms with Crippen molar-refractivity contribution in [2.24, 2.45) is 5.92 Å². The molecule has 0 amide bonds. The molecule has 18 heavy (non-hydrogen) atoms. The Morgan fingerprint density at radius 2 is 1.94 bits per heavy atom. The molecule has 100 valence electrons. The van der Waals surface area contributed by atoms with E-state index in [1.165, 1.54) is 44.9 Å². The fraction of sp³-hybridized carbons (Fsp3) is 0.750. The minimum absolute atomic E-state index is 0.538. The molecule has 3 rings (SSSR count). The molecule has 2 atom stereocenters. The zero-order valence-corrected chi connectivity index (χ0v) is 12.5. The molecule has 2 aliphatic rings. The lowest BCUT2D eigenvalue weighted by atomic mass is 9.80. The molecule has 0 radical (unpaired) electrons. The summed E-state index contributed by atoms with van der Waals surface area (Å²) in [5, 5.41) is 3.82. The van der Waals surface area contributed by atoms with Crippen LogP contribution in [0.1, 0.15) is 67.3 Å². The van der Waals surface area contributed by atoms with E-state index >= 15 is 0 Å². The molecule has 1 aromatic rings. The largest absolute Gasteiger partial charge is 0.307 e. The standard InChI is InChI=1S/C16H25NS/c1-11(13-7-5-8-13)17-12(2)16-10-14-6-3-4-9-15(14)18-16/h10-13,17H,3-9H2,1-2H3. The van der Waals surface area contributed by atoms with E-state index in [0.717, 1.165) is 5.92 Å². The van der Waals surface area contributed by atoms with E-state index in [4.69, 9.17) is 0 Å². The Morgan fingerprint density at radius 1 is 1.17 bits per heavy atom. The fourth-order valence-corrected chi connectivity index (χ4v) is 4.55. The van der Waals surface area contributed by atoms with Crippen LogP contribution in [0.2, 0.25) is 0 Å². The van der Waals surface area contributed by atoms with E-state index in [0.29, 0.717) is 12.1 Å². The van der Waals surface area contributed by atoms with Crippen LogP contribution in [-0.2, 0) is 12.8 Å². The quantitative estimate of drug-likeness (QED) is 0.845. The molecular weight excluding hydrogens is 238 g/mol.